The van der Waals surface area contributed by atoms with Crippen molar-refractivity contribution >= 4 is 11.9 Å². The summed E-state index contributed by atoms with van der Waals surface area (Å²) in [6.07, 6.45) is 38.6. The third-order valence-corrected chi connectivity index (χ3v) is 9.63. The van der Waals surface area contributed by atoms with Crippen molar-refractivity contribution in [1.82, 2.24) is 0 Å². The van der Waals surface area contributed by atoms with Crippen LogP contribution in [0.4, 0.5) is 0 Å². The molecular weight excluding hydrogens is 572 g/mol. The standard InChI is InChI=1S/C41H80O5/c1-4-6-7-8-9-10-11-12-16-19-22-25-28-31-34-40(43)45-36-39(42)37-46-41(44)35-32-29-26-23-20-17-14-13-15-18-21-24-27-30-33-38(3)5-2/h38-39,42H,4-37H2,1-3H3/t38?,39-/m1/s1. The summed E-state index contributed by atoms with van der Waals surface area (Å²) in [5.74, 6) is 0.353. The van der Waals surface area contributed by atoms with Crippen molar-refractivity contribution < 1.29 is 24.2 Å². The van der Waals surface area contributed by atoms with E-state index in [-0.39, 0.29) is 25.2 Å². The van der Waals surface area contributed by atoms with Crippen molar-refractivity contribution in [3.05, 3.63) is 0 Å². The minimum atomic E-state index is -0.955. The first-order valence-electron chi connectivity index (χ1n) is 20.5. The van der Waals surface area contributed by atoms with E-state index in [1.54, 1.807) is 0 Å². The number of aliphatic hydroxyl groups is 1. The van der Waals surface area contributed by atoms with Crippen molar-refractivity contribution in [3.8, 4) is 0 Å². The zero-order valence-electron chi connectivity index (χ0n) is 31.3. The number of carbonyl (C=O) groups excluding carboxylic acids is 2. The fraction of sp³-hybridized carbons (Fsp3) is 0.951. The van der Waals surface area contributed by atoms with Crippen LogP contribution in [0.2, 0.25) is 0 Å². The molecule has 1 unspecified atom stereocenters. The molecule has 0 heterocycles. The maximum absolute atomic E-state index is 12.0. The van der Waals surface area contributed by atoms with Gasteiger partial charge in [0.15, 0.2) is 0 Å². The lowest BCUT2D eigenvalue weighted by molar-refractivity contribution is -0.152. The van der Waals surface area contributed by atoms with Crippen LogP contribution in [-0.4, -0.2) is 36.4 Å². The fourth-order valence-corrected chi connectivity index (χ4v) is 6.12. The fourth-order valence-electron chi connectivity index (χ4n) is 6.12. The summed E-state index contributed by atoms with van der Waals surface area (Å²) in [7, 11) is 0. The zero-order chi connectivity index (χ0) is 33.8. The van der Waals surface area contributed by atoms with Gasteiger partial charge in [-0.3, -0.25) is 9.59 Å². The van der Waals surface area contributed by atoms with Crippen LogP contribution in [0, 0.1) is 5.92 Å². The van der Waals surface area contributed by atoms with E-state index in [1.807, 2.05) is 0 Å². The molecule has 0 aliphatic heterocycles. The van der Waals surface area contributed by atoms with E-state index in [9.17, 15) is 14.7 Å². The van der Waals surface area contributed by atoms with E-state index >= 15 is 0 Å². The summed E-state index contributed by atoms with van der Waals surface area (Å²) in [6.45, 7) is 6.72. The molecule has 5 heteroatoms. The minimum Gasteiger partial charge on any atom is -0.463 e. The Labute approximate surface area is 287 Å². The van der Waals surface area contributed by atoms with Gasteiger partial charge >= 0.3 is 11.9 Å². The molecule has 2 atom stereocenters. The Morgan fingerprint density at radius 1 is 0.457 bits per heavy atom. The zero-order valence-corrected chi connectivity index (χ0v) is 31.3. The van der Waals surface area contributed by atoms with Gasteiger partial charge in [0.1, 0.15) is 19.3 Å². The number of esters is 2. The molecular formula is C41H80O5. The van der Waals surface area contributed by atoms with Crippen molar-refractivity contribution in [1.29, 1.82) is 0 Å². The van der Waals surface area contributed by atoms with E-state index < -0.39 is 6.10 Å². The summed E-state index contributed by atoms with van der Waals surface area (Å²) in [6, 6.07) is 0. The average Bonchev–Trinajstić information content (AvgIpc) is 3.06. The Hall–Kier alpha value is -1.10. The van der Waals surface area contributed by atoms with E-state index in [1.165, 1.54) is 167 Å². The number of hydrogen-bond donors (Lipinski definition) is 1. The van der Waals surface area contributed by atoms with Gasteiger partial charge in [0.2, 0.25) is 0 Å². The molecule has 0 aliphatic carbocycles. The number of hydrogen-bond acceptors (Lipinski definition) is 5. The van der Waals surface area contributed by atoms with E-state index in [0.29, 0.717) is 12.8 Å². The Bertz CT molecular complexity index is 636. The lowest BCUT2D eigenvalue weighted by atomic mass is 9.99. The minimum absolute atomic E-state index is 0.108. The molecule has 0 rings (SSSR count). The lowest BCUT2D eigenvalue weighted by Gasteiger charge is -2.12. The highest BCUT2D eigenvalue weighted by Gasteiger charge is 2.12. The van der Waals surface area contributed by atoms with Gasteiger partial charge < -0.3 is 14.6 Å². The summed E-state index contributed by atoms with van der Waals surface area (Å²) in [4.78, 5) is 23.9. The van der Waals surface area contributed by atoms with Crippen molar-refractivity contribution in [2.45, 2.75) is 232 Å². The molecule has 0 radical (unpaired) electrons. The number of aliphatic hydroxyl groups excluding tert-OH is 1. The molecule has 46 heavy (non-hydrogen) atoms. The molecule has 0 saturated carbocycles. The highest BCUT2D eigenvalue weighted by Crippen LogP contribution is 2.17. The van der Waals surface area contributed by atoms with Gasteiger partial charge in [0.25, 0.3) is 0 Å². The monoisotopic (exact) mass is 653 g/mol. The van der Waals surface area contributed by atoms with Crippen LogP contribution in [0.5, 0.6) is 0 Å². The van der Waals surface area contributed by atoms with Crippen LogP contribution < -0.4 is 0 Å². The van der Waals surface area contributed by atoms with Crippen LogP contribution in [0.3, 0.4) is 0 Å². The summed E-state index contributed by atoms with van der Waals surface area (Å²) in [5.41, 5.74) is 0. The van der Waals surface area contributed by atoms with Crippen LogP contribution >= 0.6 is 0 Å². The van der Waals surface area contributed by atoms with Gasteiger partial charge in [-0.1, -0.05) is 201 Å². The van der Waals surface area contributed by atoms with Crippen molar-refractivity contribution in [2.24, 2.45) is 5.92 Å². The SMILES string of the molecule is CCCCCCCCCCCCCCCCC(=O)OC[C@@H](O)COC(=O)CCCCCCCCCCCCCCCCC(C)CC. The van der Waals surface area contributed by atoms with Crippen LogP contribution in [-0.2, 0) is 19.1 Å². The van der Waals surface area contributed by atoms with Gasteiger partial charge in [-0.2, -0.15) is 0 Å². The molecule has 0 spiro atoms. The predicted octanol–water partition coefficient (Wildman–Crippen LogP) is 12.6. The quantitative estimate of drug-likeness (QED) is 0.0534. The van der Waals surface area contributed by atoms with Gasteiger partial charge in [-0.15, -0.1) is 0 Å². The normalized spacial score (nSPS) is 12.7. The number of carbonyl (C=O) groups is 2. The Kier molecular flexibility index (Phi) is 35.9. The van der Waals surface area contributed by atoms with Crippen LogP contribution in [0.25, 0.3) is 0 Å². The Balaban J connectivity index is 3.38. The van der Waals surface area contributed by atoms with Crippen LogP contribution in [0.1, 0.15) is 226 Å². The highest BCUT2D eigenvalue weighted by molar-refractivity contribution is 5.69. The molecule has 0 aromatic carbocycles. The second-order valence-corrected chi connectivity index (χ2v) is 14.4. The summed E-state index contributed by atoms with van der Waals surface area (Å²) >= 11 is 0. The third-order valence-electron chi connectivity index (χ3n) is 9.63. The molecule has 0 aromatic heterocycles. The van der Waals surface area contributed by atoms with E-state index in [0.717, 1.165) is 31.6 Å². The summed E-state index contributed by atoms with van der Waals surface area (Å²) < 4.78 is 10.3. The highest BCUT2D eigenvalue weighted by atomic mass is 16.6. The molecule has 0 amide bonds. The van der Waals surface area contributed by atoms with Crippen molar-refractivity contribution in [2.75, 3.05) is 13.2 Å². The maximum Gasteiger partial charge on any atom is 0.305 e. The number of ether oxygens (including phenoxy) is 2. The molecule has 1 N–H and O–H groups in total. The lowest BCUT2D eigenvalue weighted by Crippen LogP contribution is -2.25. The van der Waals surface area contributed by atoms with Crippen LogP contribution in [0.15, 0.2) is 0 Å². The molecule has 5 nitrogen and oxygen atoms in total. The molecule has 0 fully saturated rings. The first-order valence-corrected chi connectivity index (χ1v) is 20.5. The molecule has 0 aromatic rings. The predicted molar refractivity (Wildman–Crippen MR) is 196 cm³/mol. The second kappa shape index (κ2) is 36.7. The van der Waals surface area contributed by atoms with Gasteiger partial charge in [-0.05, 0) is 18.8 Å². The topological polar surface area (TPSA) is 72.8 Å². The first-order chi connectivity index (χ1) is 22.5. The van der Waals surface area contributed by atoms with Gasteiger partial charge in [-0.25, -0.2) is 0 Å². The number of rotatable bonds is 37. The maximum atomic E-state index is 12.0. The Morgan fingerprint density at radius 2 is 0.739 bits per heavy atom. The average molecular weight is 653 g/mol. The van der Waals surface area contributed by atoms with Gasteiger partial charge in [0.05, 0.1) is 0 Å². The largest absolute Gasteiger partial charge is 0.463 e. The smallest absolute Gasteiger partial charge is 0.305 e. The second-order valence-electron chi connectivity index (χ2n) is 14.4. The molecule has 0 bridgehead atoms. The summed E-state index contributed by atoms with van der Waals surface area (Å²) in [5, 5.41) is 10.0. The molecule has 0 aliphatic rings. The van der Waals surface area contributed by atoms with Gasteiger partial charge in [0, 0.05) is 12.8 Å². The third kappa shape index (κ3) is 35.7. The Morgan fingerprint density at radius 3 is 1.04 bits per heavy atom. The first kappa shape index (κ1) is 44.9. The molecule has 274 valence electrons. The van der Waals surface area contributed by atoms with E-state index in [4.69, 9.17) is 9.47 Å². The van der Waals surface area contributed by atoms with E-state index in [2.05, 4.69) is 20.8 Å². The number of unbranched alkanes of at least 4 members (excludes halogenated alkanes) is 26. The van der Waals surface area contributed by atoms with Crippen molar-refractivity contribution in [3.63, 3.8) is 0 Å². The molecule has 0 saturated heterocycles.